The van der Waals surface area contributed by atoms with Crippen molar-refractivity contribution in [2.24, 2.45) is 5.73 Å². The molecule has 1 aromatic carbocycles. The number of nitrogens with two attached hydrogens (primary N) is 1. The molecule has 84 valence electrons. The van der Waals surface area contributed by atoms with Crippen molar-refractivity contribution in [1.82, 2.24) is 0 Å². The lowest BCUT2D eigenvalue weighted by Crippen LogP contribution is -2.13. The molecule has 3 nitrogen and oxygen atoms in total. The molecule has 1 aromatic rings. The van der Waals surface area contributed by atoms with Crippen molar-refractivity contribution in [2.75, 3.05) is 13.2 Å². The van der Waals surface area contributed by atoms with Gasteiger partial charge < -0.3 is 15.6 Å². The largest absolute Gasteiger partial charge is 0.493 e. The number of ether oxygens (including phenoxy) is 1. The van der Waals surface area contributed by atoms with Crippen LogP contribution in [0, 0.1) is 0 Å². The van der Waals surface area contributed by atoms with Crippen LogP contribution in [-0.4, -0.2) is 18.3 Å². The maximum absolute atomic E-state index is 9.66. The van der Waals surface area contributed by atoms with Crippen molar-refractivity contribution in [2.45, 2.75) is 25.9 Å². The zero-order valence-corrected chi connectivity index (χ0v) is 9.15. The SMILES string of the molecule is CCCCOc1ccccc1[C@@H](O)CN. The number of aliphatic hydroxyl groups excluding tert-OH is 1. The summed E-state index contributed by atoms with van der Waals surface area (Å²) in [6, 6.07) is 7.48. The van der Waals surface area contributed by atoms with Crippen LogP contribution in [0.3, 0.4) is 0 Å². The summed E-state index contributed by atoms with van der Waals surface area (Å²) in [5, 5.41) is 9.66. The number of benzene rings is 1. The van der Waals surface area contributed by atoms with Gasteiger partial charge in [-0.3, -0.25) is 0 Å². The van der Waals surface area contributed by atoms with Crippen molar-refractivity contribution >= 4 is 0 Å². The maximum Gasteiger partial charge on any atom is 0.125 e. The highest BCUT2D eigenvalue weighted by Gasteiger charge is 2.10. The van der Waals surface area contributed by atoms with Gasteiger partial charge in [0.15, 0.2) is 0 Å². The fourth-order valence-corrected chi connectivity index (χ4v) is 1.34. The van der Waals surface area contributed by atoms with Crippen LogP contribution in [0.4, 0.5) is 0 Å². The molecule has 0 fully saturated rings. The molecule has 0 saturated heterocycles. The summed E-state index contributed by atoms with van der Waals surface area (Å²) in [4.78, 5) is 0. The lowest BCUT2D eigenvalue weighted by atomic mass is 10.1. The summed E-state index contributed by atoms with van der Waals surface area (Å²) in [6.07, 6.45) is 1.48. The molecule has 1 rings (SSSR count). The molecular formula is C12H19NO2. The fraction of sp³-hybridized carbons (Fsp3) is 0.500. The Bertz CT molecular complexity index is 289. The zero-order chi connectivity index (χ0) is 11.1. The number of hydrogen-bond acceptors (Lipinski definition) is 3. The third-order valence-corrected chi connectivity index (χ3v) is 2.26. The highest BCUT2D eigenvalue weighted by Crippen LogP contribution is 2.24. The molecule has 0 aliphatic carbocycles. The summed E-state index contributed by atoms with van der Waals surface area (Å²) in [5.74, 6) is 0.740. The first-order chi connectivity index (χ1) is 7.29. The number of para-hydroxylation sites is 1. The monoisotopic (exact) mass is 209 g/mol. The molecule has 0 aliphatic rings. The average molecular weight is 209 g/mol. The average Bonchev–Trinajstić information content (AvgIpc) is 2.29. The number of aliphatic hydroxyl groups is 1. The maximum atomic E-state index is 9.66. The Labute approximate surface area is 90.9 Å². The Kier molecular flexibility index (Phi) is 5.15. The third-order valence-electron chi connectivity index (χ3n) is 2.26. The van der Waals surface area contributed by atoms with Crippen molar-refractivity contribution in [3.8, 4) is 5.75 Å². The van der Waals surface area contributed by atoms with Crippen molar-refractivity contribution in [3.63, 3.8) is 0 Å². The molecule has 0 saturated carbocycles. The lowest BCUT2D eigenvalue weighted by Gasteiger charge is -2.14. The van der Waals surface area contributed by atoms with E-state index < -0.39 is 6.10 Å². The molecule has 0 amide bonds. The van der Waals surface area contributed by atoms with Gasteiger partial charge in [-0.05, 0) is 12.5 Å². The van der Waals surface area contributed by atoms with Crippen LogP contribution in [0.5, 0.6) is 5.75 Å². The standard InChI is InChI=1S/C12H19NO2/c1-2-3-8-15-12-7-5-4-6-10(12)11(14)9-13/h4-7,11,14H,2-3,8-9,13H2,1H3/t11-/m0/s1. The van der Waals surface area contributed by atoms with Crippen LogP contribution in [-0.2, 0) is 0 Å². The van der Waals surface area contributed by atoms with E-state index in [1.165, 1.54) is 0 Å². The molecule has 0 aromatic heterocycles. The summed E-state index contributed by atoms with van der Waals surface area (Å²) >= 11 is 0. The van der Waals surface area contributed by atoms with E-state index in [1.807, 2.05) is 24.3 Å². The first-order valence-corrected chi connectivity index (χ1v) is 5.39. The summed E-state index contributed by atoms with van der Waals surface area (Å²) < 4.78 is 5.58. The minimum atomic E-state index is -0.636. The van der Waals surface area contributed by atoms with Crippen LogP contribution in [0.1, 0.15) is 31.4 Å². The molecule has 0 aliphatic heterocycles. The highest BCUT2D eigenvalue weighted by molar-refractivity contribution is 5.35. The quantitative estimate of drug-likeness (QED) is 0.703. The Morgan fingerprint density at radius 3 is 2.80 bits per heavy atom. The number of unbranched alkanes of at least 4 members (excludes halogenated alkanes) is 1. The summed E-state index contributed by atoms with van der Waals surface area (Å²) in [6.45, 7) is 3.02. The van der Waals surface area contributed by atoms with Gasteiger partial charge in [0, 0.05) is 12.1 Å². The molecule has 3 heteroatoms. The Balaban J connectivity index is 2.68. The van der Waals surface area contributed by atoms with Crippen molar-refractivity contribution in [1.29, 1.82) is 0 Å². The minimum absolute atomic E-state index is 0.216. The first kappa shape index (κ1) is 12.0. The topological polar surface area (TPSA) is 55.5 Å². The van der Waals surface area contributed by atoms with Gasteiger partial charge in [-0.15, -0.1) is 0 Å². The van der Waals surface area contributed by atoms with E-state index in [2.05, 4.69) is 6.92 Å². The normalized spacial score (nSPS) is 12.5. The van der Waals surface area contributed by atoms with E-state index >= 15 is 0 Å². The van der Waals surface area contributed by atoms with Crippen LogP contribution < -0.4 is 10.5 Å². The predicted octanol–water partition coefficient (Wildman–Crippen LogP) is 1.86. The minimum Gasteiger partial charge on any atom is -0.493 e. The van der Waals surface area contributed by atoms with Gasteiger partial charge in [-0.2, -0.15) is 0 Å². The first-order valence-electron chi connectivity index (χ1n) is 5.39. The second kappa shape index (κ2) is 6.43. The van der Waals surface area contributed by atoms with E-state index in [0.717, 1.165) is 24.2 Å². The second-order valence-corrected chi connectivity index (χ2v) is 3.49. The van der Waals surface area contributed by atoms with Crippen LogP contribution in [0.25, 0.3) is 0 Å². The molecule has 0 bridgehead atoms. The lowest BCUT2D eigenvalue weighted by molar-refractivity contribution is 0.179. The highest BCUT2D eigenvalue weighted by atomic mass is 16.5. The Morgan fingerprint density at radius 2 is 2.13 bits per heavy atom. The van der Waals surface area contributed by atoms with E-state index in [-0.39, 0.29) is 6.54 Å². The van der Waals surface area contributed by atoms with E-state index in [0.29, 0.717) is 6.61 Å². The molecule has 3 N–H and O–H groups in total. The Morgan fingerprint density at radius 1 is 1.40 bits per heavy atom. The summed E-state index contributed by atoms with van der Waals surface area (Å²) in [5.41, 5.74) is 6.20. The van der Waals surface area contributed by atoms with Gasteiger partial charge in [0.25, 0.3) is 0 Å². The smallest absolute Gasteiger partial charge is 0.125 e. The summed E-state index contributed by atoms with van der Waals surface area (Å²) in [7, 11) is 0. The third kappa shape index (κ3) is 3.53. The van der Waals surface area contributed by atoms with Gasteiger partial charge in [0.1, 0.15) is 5.75 Å². The molecule has 15 heavy (non-hydrogen) atoms. The Hall–Kier alpha value is -1.06. The van der Waals surface area contributed by atoms with Gasteiger partial charge in [0.2, 0.25) is 0 Å². The molecule has 0 radical (unpaired) electrons. The van der Waals surface area contributed by atoms with Crippen molar-refractivity contribution in [3.05, 3.63) is 29.8 Å². The molecular weight excluding hydrogens is 190 g/mol. The fourth-order valence-electron chi connectivity index (χ4n) is 1.34. The van der Waals surface area contributed by atoms with E-state index in [9.17, 15) is 5.11 Å². The number of hydrogen-bond donors (Lipinski definition) is 2. The van der Waals surface area contributed by atoms with Gasteiger partial charge >= 0.3 is 0 Å². The molecule has 0 spiro atoms. The number of rotatable bonds is 6. The van der Waals surface area contributed by atoms with Gasteiger partial charge in [0.05, 0.1) is 12.7 Å². The van der Waals surface area contributed by atoms with Gasteiger partial charge in [-0.25, -0.2) is 0 Å². The van der Waals surface area contributed by atoms with E-state index in [4.69, 9.17) is 10.5 Å². The van der Waals surface area contributed by atoms with Crippen LogP contribution in [0.15, 0.2) is 24.3 Å². The predicted molar refractivity (Wildman–Crippen MR) is 60.9 cm³/mol. The van der Waals surface area contributed by atoms with E-state index in [1.54, 1.807) is 0 Å². The second-order valence-electron chi connectivity index (χ2n) is 3.49. The zero-order valence-electron chi connectivity index (χ0n) is 9.15. The van der Waals surface area contributed by atoms with Crippen LogP contribution in [0.2, 0.25) is 0 Å². The van der Waals surface area contributed by atoms with Gasteiger partial charge in [-0.1, -0.05) is 31.5 Å². The molecule has 0 heterocycles. The van der Waals surface area contributed by atoms with Crippen molar-refractivity contribution < 1.29 is 9.84 Å². The molecule has 0 unspecified atom stereocenters. The molecule has 1 atom stereocenters. The van der Waals surface area contributed by atoms with Crippen LogP contribution >= 0.6 is 0 Å².